The molecule has 0 bridgehead atoms. The Kier molecular flexibility index (Phi) is 5.79. The van der Waals surface area contributed by atoms with Gasteiger partial charge in [-0.3, -0.25) is 4.79 Å². The molecule has 1 aliphatic heterocycles. The van der Waals surface area contributed by atoms with Crippen molar-refractivity contribution in [3.8, 4) is 0 Å². The van der Waals surface area contributed by atoms with Gasteiger partial charge in [-0.15, -0.1) is 0 Å². The van der Waals surface area contributed by atoms with Gasteiger partial charge in [0, 0.05) is 32.0 Å². The maximum Gasteiger partial charge on any atom is 0.407 e. The maximum atomic E-state index is 11.8. The summed E-state index contributed by atoms with van der Waals surface area (Å²) in [5.74, 6) is 0.688. The van der Waals surface area contributed by atoms with E-state index in [0.717, 1.165) is 19.5 Å². The molecule has 5 nitrogen and oxygen atoms in total. The number of Topliss-reactive ketones (excluding diaryl/α,β-unsaturated/α-hetero) is 1. The van der Waals surface area contributed by atoms with Gasteiger partial charge in [0.1, 0.15) is 11.4 Å². The smallest absolute Gasteiger partial charge is 0.407 e. The predicted octanol–water partition coefficient (Wildman–Crippen LogP) is 1.72. The van der Waals surface area contributed by atoms with E-state index in [1.54, 1.807) is 0 Å². The number of ether oxygens (including phenoxy) is 1. The number of rotatable bonds is 4. The average Bonchev–Trinajstić information content (AvgIpc) is 2.26. The van der Waals surface area contributed by atoms with Gasteiger partial charge in [0.05, 0.1) is 0 Å². The van der Waals surface area contributed by atoms with E-state index < -0.39 is 11.7 Å². The molecule has 110 valence electrons. The van der Waals surface area contributed by atoms with Crippen molar-refractivity contribution in [1.82, 2.24) is 10.6 Å². The zero-order valence-corrected chi connectivity index (χ0v) is 12.4. The van der Waals surface area contributed by atoms with Crippen molar-refractivity contribution in [2.24, 2.45) is 11.8 Å². The number of amides is 1. The van der Waals surface area contributed by atoms with Crippen LogP contribution in [0.4, 0.5) is 4.79 Å². The summed E-state index contributed by atoms with van der Waals surface area (Å²) in [6.45, 7) is 9.65. The van der Waals surface area contributed by atoms with Crippen LogP contribution in [0.1, 0.15) is 40.5 Å². The van der Waals surface area contributed by atoms with Crippen LogP contribution < -0.4 is 10.6 Å². The summed E-state index contributed by atoms with van der Waals surface area (Å²) in [5, 5.41) is 5.97. The van der Waals surface area contributed by atoms with Gasteiger partial charge in [0.15, 0.2) is 0 Å². The van der Waals surface area contributed by atoms with E-state index in [4.69, 9.17) is 4.74 Å². The van der Waals surface area contributed by atoms with Gasteiger partial charge < -0.3 is 15.4 Å². The minimum atomic E-state index is -0.473. The van der Waals surface area contributed by atoms with Crippen LogP contribution in [0.3, 0.4) is 0 Å². The van der Waals surface area contributed by atoms with E-state index >= 15 is 0 Å². The first-order valence-electron chi connectivity index (χ1n) is 7.00. The third-order valence-electron chi connectivity index (χ3n) is 3.28. The Labute approximate surface area is 115 Å². The third kappa shape index (κ3) is 6.05. The van der Waals surface area contributed by atoms with Crippen LogP contribution in [-0.2, 0) is 9.53 Å². The Bertz CT molecular complexity index is 323. The van der Waals surface area contributed by atoms with Gasteiger partial charge in [-0.1, -0.05) is 6.92 Å². The number of hydrogen-bond donors (Lipinski definition) is 2. The molecular weight excluding hydrogens is 244 g/mol. The van der Waals surface area contributed by atoms with Crippen LogP contribution in [-0.4, -0.2) is 37.1 Å². The number of ketones is 1. The number of piperidine rings is 1. The molecule has 0 saturated carbocycles. The number of alkyl carbamates (subject to hydrolysis) is 1. The number of hydrogen-bond acceptors (Lipinski definition) is 4. The first-order valence-corrected chi connectivity index (χ1v) is 7.00. The zero-order valence-electron chi connectivity index (χ0n) is 12.4. The van der Waals surface area contributed by atoms with Crippen LogP contribution in [0.5, 0.6) is 0 Å². The fourth-order valence-electron chi connectivity index (χ4n) is 2.20. The summed E-state index contributed by atoms with van der Waals surface area (Å²) in [6, 6.07) is 0. The van der Waals surface area contributed by atoms with Crippen molar-refractivity contribution in [3.05, 3.63) is 0 Å². The molecule has 0 spiro atoms. The molecule has 2 unspecified atom stereocenters. The van der Waals surface area contributed by atoms with Gasteiger partial charge in [-0.25, -0.2) is 4.79 Å². The Morgan fingerprint density at radius 3 is 2.79 bits per heavy atom. The number of nitrogens with one attached hydrogen (secondary N) is 2. The van der Waals surface area contributed by atoms with Gasteiger partial charge in [0.25, 0.3) is 0 Å². The van der Waals surface area contributed by atoms with Crippen LogP contribution in [0.15, 0.2) is 0 Å². The lowest BCUT2D eigenvalue weighted by Gasteiger charge is -2.27. The highest BCUT2D eigenvalue weighted by Crippen LogP contribution is 2.19. The predicted molar refractivity (Wildman–Crippen MR) is 74.0 cm³/mol. The van der Waals surface area contributed by atoms with Crippen molar-refractivity contribution < 1.29 is 14.3 Å². The molecule has 0 aromatic heterocycles. The number of carbonyl (C=O) groups excluding carboxylic acids is 2. The minimum absolute atomic E-state index is 0.0780. The Morgan fingerprint density at radius 1 is 1.53 bits per heavy atom. The first-order chi connectivity index (χ1) is 8.79. The lowest BCUT2D eigenvalue weighted by molar-refractivity contribution is -0.125. The Hall–Kier alpha value is -1.10. The highest BCUT2D eigenvalue weighted by Gasteiger charge is 2.27. The topological polar surface area (TPSA) is 67.4 Å². The molecule has 1 heterocycles. The highest BCUT2D eigenvalue weighted by atomic mass is 16.6. The van der Waals surface area contributed by atoms with Gasteiger partial charge in [0.2, 0.25) is 0 Å². The largest absolute Gasteiger partial charge is 0.444 e. The summed E-state index contributed by atoms with van der Waals surface area (Å²) in [7, 11) is 0. The minimum Gasteiger partial charge on any atom is -0.444 e. The zero-order chi connectivity index (χ0) is 14.5. The van der Waals surface area contributed by atoms with Crippen LogP contribution in [0.25, 0.3) is 0 Å². The van der Waals surface area contributed by atoms with E-state index in [2.05, 4.69) is 17.6 Å². The van der Waals surface area contributed by atoms with E-state index in [0.29, 0.717) is 18.7 Å². The van der Waals surface area contributed by atoms with Crippen molar-refractivity contribution >= 4 is 11.9 Å². The lowest BCUT2D eigenvalue weighted by Crippen LogP contribution is -2.41. The molecule has 5 heteroatoms. The molecule has 1 amide bonds. The third-order valence-corrected chi connectivity index (χ3v) is 3.28. The summed E-state index contributed by atoms with van der Waals surface area (Å²) < 4.78 is 5.16. The summed E-state index contributed by atoms with van der Waals surface area (Å²) >= 11 is 0. The summed E-state index contributed by atoms with van der Waals surface area (Å²) in [4.78, 5) is 23.2. The standard InChI is InChI=1S/C14H26N2O3/c1-10(11-9-15-7-6-12(11)17)5-8-16-13(18)19-14(2,3)4/h10-11,15H,5-9H2,1-4H3,(H,16,18). The van der Waals surface area contributed by atoms with Gasteiger partial charge in [-0.2, -0.15) is 0 Å². The number of carbonyl (C=O) groups is 2. The molecule has 1 aliphatic rings. The van der Waals surface area contributed by atoms with E-state index in [-0.39, 0.29) is 11.8 Å². The molecule has 2 N–H and O–H groups in total. The maximum absolute atomic E-state index is 11.8. The highest BCUT2D eigenvalue weighted by molar-refractivity contribution is 5.82. The quantitative estimate of drug-likeness (QED) is 0.816. The molecule has 0 aliphatic carbocycles. The summed E-state index contributed by atoms with van der Waals surface area (Å²) in [5.41, 5.74) is -0.473. The lowest BCUT2D eigenvalue weighted by atomic mass is 9.84. The summed E-state index contributed by atoms with van der Waals surface area (Å²) in [6.07, 6.45) is 1.01. The molecule has 1 rings (SSSR count). The van der Waals surface area contributed by atoms with Crippen molar-refractivity contribution in [2.75, 3.05) is 19.6 Å². The van der Waals surface area contributed by atoms with Crippen molar-refractivity contribution in [2.45, 2.75) is 46.1 Å². The molecule has 0 aromatic carbocycles. The molecule has 2 atom stereocenters. The average molecular weight is 270 g/mol. The molecule has 0 aromatic rings. The molecule has 0 radical (unpaired) electrons. The van der Waals surface area contributed by atoms with E-state index in [9.17, 15) is 9.59 Å². The fourth-order valence-corrected chi connectivity index (χ4v) is 2.20. The molecule has 19 heavy (non-hydrogen) atoms. The SMILES string of the molecule is CC(CCNC(=O)OC(C)(C)C)C1CNCCC1=O. The van der Waals surface area contributed by atoms with Crippen molar-refractivity contribution in [3.63, 3.8) is 0 Å². The van der Waals surface area contributed by atoms with Crippen LogP contribution in [0.2, 0.25) is 0 Å². The Balaban J connectivity index is 2.25. The second-order valence-electron chi connectivity index (χ2n) is 6.22. The second-order valence-corrected chi connectivity index (χ2v) is 6.22. The van der Waals surface area contributed by atoms with Crippen molar-refractivity contribution in [1.29, 1.82) is 0 Å². The Morgan fingerprint density at radius 2 is 2.21 bits per heavy atom. The van der Waals surface area contributed by atoms with Gasteiger partial charge >= 0.3 is 6.09 Å². The van der Waals surface area contributed by atoms with Crippen LogP contribution >= 0.6 is 0 Å². The molecular formula is C14H26N2O3. The normalized spacial score (nSPS) is 21.9. The monoisotopic (exact) mass is 270 g/mol. The second kappa shape index (κ2) is 6.89. The molecule has 1 fully saturated rings. The van der Waals surface area contributed by atoms with Gasteiger partial charge in [-0.05, 0) is 33.1 Å². The first kappa shape index (κ1) is 16.0. The van der Waals surface area contributed by atoms with E-state index in [1.807, 2.05) is 20.8 Å². The van der Waals surface area contributed by atoms with Crippen LogP contribution in [0, 0.1) is 11.8 Å². The fraction of sp³-hybridized carbons (Fsp3) is 0.857. The molecule has 1 saturated heterocycles. The van der Waals surface area contributed by atoms with E-state index in [1.165, 1.54) is 0 Å².